The molecule has 1 saturated heterocycles. The number of carbonyl (C=O) groups excluding carboxylic acids is 1. The van der Waals surface area contributed by atoms with E-state index in [-0.39, 0.29) is 18.1 Å². The zero-order chi connectivity index (χ0) is 13.6. The van der Waals surface area contributed by atoms with E-state index in [1.165, 1.54) is 7.11 Å². The van der Waals surface area contributed by atoms with Crippen molar-refractivity contribution in [3.63, 3.8) is 0 Å². The van der Waals surface area contributed by atoms with Gasteiger partial charge in [0.25, 0.3) is 0 Å². The van der Waals surface area contributed by atoms with Crippen molar-refractivity contribution in [2.45, 2.75) is 30.9 Å². The fourth-order valence-electron chi connectivity index (χ4n) is 1.98. The predicted molar refractivity (Wildman–Crippen MR) is 73.1 cm³/mol. The summed E-state index contributed by atoms with van der Waals surface area (Å²) in [7, 11) is -1.89. The van der Waals surface area contributed by atoms with Crippen LogP contribution in [-0.2, 0) is 19.6 Å². The van der Waals surface area contributed by atoms with Crippen LogP contribution in [0.5, 0.6) is 0 Å². The molecule has 0 aliphatic carbocycles. The number of hydrogen-bond donors (Lipinski definition) is 0. The van der Waals surface area contributed by atoms with Gasteiger partial charge in [0, 0.05) is 24.8 Å². The summed E-state index contributed by atoms with van der Waals surface area (Å²) < 4.78 is 30.1. The van der Waals surface area contributed by atoms with Gasteiger partial charge in [0.1, 0.15) is 0 Å². The summed E-state index contributed by atoms with van der Waals surface area (Å²) in [5.41, 5.74) is 0. The van der Waals surface area contributed by atoms with E-state index in [1.807, 2.05) is 0 Å². The smallest absolute Gasteiger partial charge is 0.305 e. The Hall–Kier alpha value is -0.270. The number of carbonyl (C=O) groups is 1. The van der Waals surface area contributed by atoms with Crippen molar-refractivity contribution >= 4 is 27.8 Å². The predicted octanol–water partition coefficient (Wildman–Crippen LogP) is 1.10. The van der Waals surface area contributed by atoms with Crippen molar-refractivity contribution in [1.82, 2.24) is 4.31 Å². The van der Waals surface area contributed by atoms with Crippen LogP contribution in [0.1, 0.15) is 25.7 Å². The van der Waals surface area contributed by atoms with Gasteiger partial charge in [-0.1, -0.05) is 0 Å². The Kier molecular flexibility index (Phi) is 6.45. The van der Waals surface area contributed by atoms with Gasteiger partial charge >= 0.3 is 5.97 Å². The van der Waals surface area contributed by atoms with E-state index in [4.69, 9.17) is 0 Å². The van der Waals surface area contributed by atoms with Crippen LogP contribution in [0, 0.1) is 0 Å². The van der Waals surface area contributed by atoms with Crippen molar-refractivity contribution < 1.29 is 17.9 Å². The van der Waals surface area contributed by atoms with Gasteiger partial charge in [-0.25, -0.2) is 12.7 Å². The van der Waals surface area contributed by atoms with Crippen molar-refractivity contribution in [2.24, 2.45) is 0 Å². The minimum absolute atomic E-state index is 0.0338. The fourth-order valence-corrected chi connectivity index (χ4v) is 4.19. The highest BCUT2D eigenvalue weighted by atomic mass is 32.2. The standard InChI is InChI=1S/C11H21NO4S2/c1-16-11(13)4-3-9-18(14,15)12-7-5-10(17-2)6-8-12/h10H,3-9H2,1-2H3. The lowest BCUT2D eigenvalue weighted by atomic mass is 10.2. The van der Waals surface area contributed by atoms with E-state index in [0.29, 0.717) is 24.8 Å². The van der Waals surface area contributed by atoms with Crippen LogP contribution in [0.4, 0.5) is 0 Å². The first-order valence-corrected chi connectivity index (χ1v) is 8.96. The molecule has 5 nitrogen and oxygen atoms in total. The quantitative estimate of drug-likeness (QED) is 0.687. The summed E-state index contributed by atoms with van der Waals surface area (Å²) >= 11 is 1.80. The summed E-state index contributed by atoms with van der Waals surface area (Å²) in [6.45, 7) is 1.21. The number of thioether (sulfide) groups is 1. The van der Waals surface area contributed by atoms with Gasteiger partial charge in [-0.2, -0.15) is 11.8 Å². The zero-order valence-electron chi connectivity index (χ0n) is 10.9. The third-order valence-electron chi connectivity index (χ3n) is 3.14. The van der Waals surface area contributed by atoms with Gasteiger partial charge in [-0.3, -0.25) is 4.79 Å². The molecule has 7 heteroatoms. The summed E-state index contributed by atoms with van der Waals surface area (Å²) in [4.78, 5) is 10.9. The first-order valence-electron chi connectivity index (χ1n) is 6.07. The van der Waals surface area contributed by atoms with Crippen LogP contribution >= 0.6 is 11.8 Å². The molecule has 1 fully saturated rings. The largest absolute Gasteiger partial charge is 0.469 e. The summed E-state index contributed by atoms with van der Waals surface area (Å²) in [6, 6.07) is 0. The highest BCUT2D eigenvalue weighted by Gasteiger charge is 2.27. The summed E-state index contributed by atoms with van der Waals surface area (Å²) in [6.07, 6.45) is 4.38. The molecule has 1 rings (SSSR count). The molecule has 106 valence electrons. The molecule has 1 aliphatic heterocycles. The molecule has 0 aromatic heterocycles. The Morgan fingerprint density at radius 2 is 2.00 bits per heavy atom. The zero-order valence-corrected chi connectivity index (χ0v) is 12.6. The Morgan fingerprint density at radius 3 is 2.50 bits per heavy atom. The van der Waals surface area contributed by atoms with Crippen LogP contribution < -0.4 is 0 Å². The van der Waals surface area contributed by atoms with E-state index in [1.54, 1.807) is 16.1 Å². The van der Waals surface area contributed by atoms with E-state index < -0.39 is 10.0 Å². The topological polar surface area (TPSA) is 63.7 Å². The van der Waals surface area contributed by atoms with Crippen molar-refractivity contribution in [2.75, 3.05) is 32.2 Å². The molecule has 1 heterocycles. The summed E-state index contributed by atoms with van der Waals surface area (Å²) in [5.74, 6) is -0.322. The molecule has 0 aromatic rings. The van der Waals surface area contributed by atoms with Crippen molar-refractivity contribution in [3.05, 3.63) is 0 Å². The Labute approximate surface area is 113 Å². The number of piperidine rings is 1. The maximum atomic E-state index is 12.0. The number of rotatable bonds is 6. The average Bonchev–Trinajstić information content (AvgIpc) is 2.38. The third kappa shape index (κ3) is 4.78. The molecule has 0 amide bonds. The Bertz CT molecular complexity index is 361. The molecular formula is C11H21NO4S2. The van der Waals surface area contributed by atoms with Crippen molar-refractivity contribution in [1.29, 1.82) is 0 Å². The summed E-state index contributed by atoms with van der Waals surface area (Å²) in [5, 5.41) is 0.575. The van der Waals surface area contributed by atoms with Gasteiger partial charge in [-0.05, 0) is 25.5 Å². The molecular weight excluding hydrogens is 274 g/mol. The Morgan fingerprint density at radius 1 is 1.39 bits per heavy atom. The van der Waals surface area contributed by atoms with Crippen LogP contribution in [0.3, 0.4) is 0 Å². The minimum atomic E-state index is -3.20. The molecule has 0 unspecified atom stereocenters. The lowest BCUT2D eigenvalue weighted by molar-refractivity contribution is -0.140. The van der Waals surface area contributed by atoms with Gasteiger partial charge in [0.2, 0.25) is 10.0 Å². The lowest BCUT2D eigenvalue weighted by Gasteiger charge is -2.30. The molecule has 18 heavy (non-hydrogen) atoms. The van der Waals surface area contributed by atoms with Gasteiger partial charge < -0.3 is 4.74 Å². The number of sulfonamides is 1. The molecule has 0 spiro atoms. The first kappa shape index (κ1) is 15.8. The lowest BCUT2D eigenvalue weighted by Crippen LogP contribution is -2.40. The molecule has 0 saturated carbocycles. The number of hydrogen-bond acceptors (Lipinski definition) is 5. The van der Waals surface area contributed by atoms with Crippen LogP contribution in [-0.4, -0.2) is 56.2 Å². The number of methoxy groups -OCH3 is 1. The second-order valence-electron chi connectivity index (χ2n) is 4.33. The molecule has 0 bridgehead atoms. The highest BCUT2D eigenvalue weighted by molar-refractivity contribution is 7.99. The molecule has 0 radical (unpaired) electrons. The molecule has 0 aromatic carbocycles. The number of esters is 1. The number of nitrogens with zero attached hydrogens (tertiary/aromatic N) is 1. The highest BCUT2D eigenvalue weighted by Crippen LogP contribution is 2.23. The normalized spacial score (nSPS) is 18.8. The first-order chi connectivity index (χ1) is 8.49. The maximum Gasteiger partial charge on any atom is 0.305 e. The second kappa shape index (κ2) is 7.35. The van der Waals surface area contributed by atoms with E-state index >= 15 is 0 Å². The minimum Gasteiger partial charge on any atom is -0.469 e. The number of ether oxygens (including phenoxy) is 1. The van der Waals surface area contributed by atoms with Gasteiger partial charge in [0.15, 0.2) is 0 Å². The van der Waals surface area contributed by atoms with Crippen LogP contribution in [0.25, 0.3) is 0 Å². The van der Waals surface area contributed by atoms with Crippen LogP contribution in [0.2, 0.25) is 0 Å². The Balaban J connectivity index is 2.37. The van der Waals surface area contributed by atoms with Crippen molar-refractivity contribution in [3.8, 4) is 0 Å². The molecule has 1 aliphatic rings. The van der Waals surface area contributed by atoms with Gasteiger partial charge in [-0.15, -0.1) is 0 Å². The van der Waals surface area contributed by atoms with E-state index in [2.05, 4.69) is 11.0 Å². The average molecular weight is 295 g/mol. The third-order valence-corrected chi connectivity index (χ3v) is 6.23. The van der Waals surface area contributed by atoms with E-state index in [0.717, 1.165) is 12.8 Å². The maximum absolute atomic E-state index is 12.0. The fraction of sp³-hybridized carbons (Fsp3) is 0.909. The van der Waals surface area contributed by atoms with Gasteiger partial charge in [0.05, 0.1) is 12.9 Å². The molecule has 0 N–H and O–H groups in total. The van der Waals surface area contributed by atoms with Crippen LogP contribution in [0.15, 0.2) is 0 Å². The monoisotopic (exact) mass is 295 g/mol. The second-order valence-corrected chi connectivity index (χ2v) is 7.56. The van der Waals surface area contributed by atoms with E-state index in [9.17, 15) is 13.2 Å². The molecule has 0 atom stereocenters. The SMILES string of the molecule is COC(=O)CCCS(=O)(=O)N1CCC(SC)CC1.